The fourth-order valence-corrected chi connectivity index (χ4v) is 2.86. The molecule has 3 atom stereocenters. The number of nitrogens with one attached hydrogen (secondary N) is 2. The summed E-state index contributed by atoms with van der Waals surface area (Å²) in [7, 11) is 0. The van der Waals surface area contributed by atoms with Gasteiger partial charge in [-0.1, -0.05) is 19.8 Å². The van der Waals surface area contributed by atoms with Crippen molar-refractivity contribution in [2.24, 2.45) is 5.92 Å². The standard InChI is InChI=1S/C13H24N2O3S/c1-9-5-3-4-6-10(9)14-13(18)15-11(12(16)17)7-8-19-2/h9-11H,3-8H2,1-2H3,(H,16,17)(H2,14,15,18)/p-1/t9-,10+,11+/m1/s1. The molecule has 110 valence electrons. The molecule has 5 nitrogen and oxygen atoms in total. The molecule has 6 heteroatoms. The summed E-state index contributed by atoms with van der Waals surface area (Å²) in [5.41, 5.74) is 0. The van der Waals surface area contributed by atoms with Crippen LogP contribution in [0.15, 0.2) is 0 Å². The molecular weight excluding hydrogens is 264 g/mol. The van der Waals surface area contributed by atoms with E-state index in [0.29, 0.717) is 18.1 Å². The largest absolute Gasteiger partial charge is 0.548 e. The number of urea groups is 1. The third-order valence-corrected chi connectivity index (χ3v) is 4.27. The Morgan fingerprint density at radius 2 is 2.05 bits per heavy atom. The van der Waals surface area contributed by atoms with Crippen LogP contribution in [0.2, 0.25) is 0 Å². The maximum atomic E-state index is 11.8. The van der Waals surface area contributed by atoms with E-state index in [4.69, 9.17) is 0 Å². The molecule has 1 fully saturated rings. The van der Waals surface area contributed by atoms with E-state index in [0.717, 1.165) is 19.3 Å². The van der Waals surface area contributed by atoms with E-state index in [-0.39, 0.29) is 6.04 Å². The van der Waals surface area contributed by atoms with Gasteiger partial charge >= 0.3 is 6.03 Å². The molecule has 0 bridgehead atoms. The Morgan fingerprint density at radius 1 is 1.37 bits per heavy atom. The molecule has 0 heterocycles. The zero-order valence-corrected chi connectivity index (χ0v) is 12.4. The number of carboxylic acids is 1. The van der Waals surface area contributed by atoms with E-state index in [1.165, 1.54) is 6.42 Å². The van der Waals surface area contributed by atoms with E-state index < -0.39 is 18.0 Å². The minimum absolute atomic E-state index is 0.150. The van der Waals surface area contributed by atoms with Crippen molar-refractivity contribution in [3.8, 4) is 0 Å². The smallest absolute Gasteiger partial charge is 0.315 e. The molecule has 2 amide bonds. The third kappa shape index (κ3) is 5.72. The summed E-state index contributed by atoms with van der Waals surface area (Å²) in [5.74, 6) is -0.0911. The van der Waals surface area contributed by atoms with Crippen molar-refractivity contribution in [1.29, 1.82) is 0 Å². The van der Waals surface area contributed by atoms with Crippen molar-refractivity contribution in [3.63, 3.8) is 0 Å². The summed E-state index contributed by atoms with van der Waals surface area (Å²) in [5, 5.41) is 16.3. The van der Waals surface area contributed by atoms with E-state index >= 15 is 0 Å². The molecule has 0 radical (unpaired) electrons. The normalized spacial score (nSPS) is 24.5. The first-order valence-corrected chi connectivity index (χ1v) is 8.20. The summed E-state index contributed by atoms with van der Waals surface area (Å²) < 4.78 is 0. The number of thioether (sulfide) groups is 1. The first kappa shape index (κ1) is 16.1. The van der Waals surface area contributed by atoms with Gasteiger partial charge in [0.2, 0.25) is 0 Å². The van der Waals surface area contributed by atoms with Crippen LogP contribution in [0.5, 0.6) is 0 Å². The van der Waals surface area contributed by atoms with Crippen LogP contribution in [0, 0.1) is 5.92 Å². The number of hydrogen-bond acceptors (Lipinski definition) is 4. The second kappa shape index (κ2) is 8.30. The summed E-state index contributed by atoms with van der Waals surface area (Å²) >= 11 is 1.55. The van der Waals surface area contributed by atoms with E-state index in [9.17, 15) is 14.7 Å². The van der Waals surface area contributed by atoms with Gasteiger partial charge in [0.05, 0.1) is 12.0 Å². The minimum atomic E-state index is -1.22. The Labute approximate surface area is 118 Å². The lowest BCUT2D eigenvalue weighted by Crippen LogP contribution is -2.54. The minimum Gasteiger partial charge on any atom is -0.548 e. The van der Waals surface area contributed by atoms with Gasteiger partial charge in [0, 0.05) is 6.04 Å². The zero-order valence-electron chi connectivity index (χ0n) is 11.6. The topological polar surface area (TPSA) is 81.3 Å². The maximum Gasteiger partial charge on any atom is 0.315 e. The van der Waals surface area contributed by atoms with Crippen molar-refractivity contribution in [2.45, 2.75) is 51.1 Å². The van der Waals surface area contributed by atoms with Crippen LogP contribution < -0.4 is 15.7 Å². The van der Waals surface area contributed by atoms with Gasteiger partial charge in [-0.15, -0.1) is 0 Å². The number of aliphatic carboxylic acids is 1. The van der Waals surface area contributed by atoms with Crippen LogP contribution in [0.1, 0.15) is 39.0 Å². The van der Waals surface area contributed by atoms with Gasteiger partial charge in [0.25, 0.3) is 0 Å². The first-order valence-electron chi connectivity index (χ1n) is 6.81. The van der Waals surface area contributed by atoms with Crippen molar-refractivity contribution in [1.82, 2.24) is 10.6 Å². The quantitative estimate of drug-likeness (QED) is 0.755. The molecule has 1 rings (SSSR count). The highest BCUT2D eigenvalue weighted by atomic mass is 32.2. The van der Waals surface area contributed by atoms with Crippen molar-refractivity contribution >= 4 is 23.8 Å². The van der Waals surface area contributed by atoms with Gasteiger partial charge in [0.1, 0.15) is 0 Å². The molecule has 0 spiro atoms. The van der Waals surface area contributed by atoms with Crippen LogP contribution in [-0.2, 0) is 4.79 Å². The maximum absolute atomic E-state index is 11.8. The number of amides is 2. The Morgan fingerprint density at radius 3 is 2.63 bits per heavy atom. The zero-order chi connectivity index (χ0) is 14.3. The summed E-state index contributed by atoms with van der Waals surface area (Å²) in [6, 6.07) is -1.16. The Bertz CT molecular complexity index is 312. The van der Waals surface area contributed by atoms with E-state index in [2.05, 4.69) is 17.6 Å². The van der Waals surface area contributed by atoms with Gasteiger partial charge in [-0.3, -0.25) is 0 Å². The Kier molecular flexibility index (Phi) is 7.05. The number of carbonyl (C=O) groups excluding carboxylic acids is 2. The first-order chi connectivity index (χ1) is 9.04. The molecule has 0 aromatic rings. The Balaban J connectivity index is 2.40. The van der Waals surface area contributed by atoms with Gasteiger partial charge < -0.3 is 20.5 Å². The molecule has 0 aromatic carbocycles. The average Bonchev–Trinajstić information content (AvgIpc) is 2.37. The second-order valence-electron chi connectivity index (χ2n) is 5.14. The van der Waals surface area contributed by atoms with Crippen molar-refractivity contribution in [2.75, 3.05) is 12.0 Å². The average molecular weight is 287 g/mol. The van der Waals surface area contributed by atoms with E-state index in [1.54, 1.807) is 11.8 Å². The van der Waals surface area contributed by atoms with Crippen LogP contribution in [0.4, 0.5) is 4.79 Å². The lowest BCUT2D eigenvalue weighted by atomic mass is 9.86. The SMILES string of the molecule is CSCC[C@H](NC(=O)N[C@H]1CCCC[C@H]1C)C(=O)[O-]. The second-order valence-corrected chi connectivity index (χ2v) is 6.12. The third-order valence-electron chi connectivity index (χ3n) is 3.63. The predicted octanol–water partition coefficient (Wildman–Crippen LogP) is 0.736. The number of carbonyl (C=O) groups is 2. The lowest BCUT2D eigenvalue weighted by Gasteiger charge is -2.30. The molecule has 0 aliphatic heterocycles. The molecule has 1 saturated carbocycles. The molecular formula is C13H23N2O3S-. The van der Waals surface area contributed by atoms with Gasteiger partial charge in [-0.25, -0.2) is 4.79 Å². The van der Waals surface area contributed by atoms with Crippen LogP contribution in [0.3, 0.4) is 0 Å². The summed E-state index contributed by atoms with van der Waals surface area (Å²) in [6.45, 7) is 2.12. The van der Waals surface area contributed by atoms with Crippen LogP contribution >= 0.6 is 11.8 Å². The van der Waals surface area contributed by atoms with Gasteiger partial charge in [0.15, 0.2) is 0 Å². The number of carboxylic acid groups (broad SMARTS) is 1. The molecule has 0 aromatic heterocycles. The van der Waals surface area contributed by atoms with E-state index in [1.807, 2.05) is 6.26 Å². The number of rotatable bonds is 6. The van der Waals surface area contributed by atoms with Crippen molar-refractivity contribution in [3.05, 3.63) is 0 Å². The molecule has 19 heavy (non-hydrogen) atoms. The Hall–Kier alpha value is -0.910. The van der Waals surface area contributed by atoms with Gasteiger partial charge in [-0.2, -0.15) is 11.8 Å². The predicted molar refractivity (Wildman–Crippen MR) is 74.9 cm³/mol. The summed E-state index contributed by atoms with van der Waals surface area (Å²) in [4.78, 5) is 22.7. The molecule has 0 saturated heterocycles. The number of hydrogen-bond donors (Lipinski definition) is 2. The fraction of sp³-hybridized carbons (Fsp3) is 0.846. The van der Waals surface area contributed by atoms with Crippen LogP contribution in [-0.4, -0.2) is 36.1 Å². The van der Waals surface area contributed by atoms with Crippen molar-refractivity contribution < 1.29 is 14.7 Å². The fourth-order valence-electron chi connectivity index (χ4n) is 2.38. The highest BCUT2D eigenvalue weighted by Gasteiger charge is 2.23. The van der Waals surface area contributed by atoms with Crippen LogP contribution in [0.25, 0.3) is 0 Å². The molecule has 1 aliphatic rings. The molecule has 0 unspecified atom stereocenters. The highest BCUT2D eigenvalue weighted by molar-refractivity contribution is 7.98. The summed E-state index contributed by atoms with van der Waals surface area (Å²) in [6.07, 6.45) is 6.69. The molecule has 2 N–H and O–H groups in total. The monoisotopic (exact) mass is 287 g/mol. The lowest BCUT2D eigenvalue weighted by molar-refractivity contribution is -0.308. The molecule has 1 aliphatic carbocycles. The highest BCUT2D eigenvalue weighted by Crippen LogP contribution is 2.23. The van der Waals surface area contributed by atoms with Gasteiger partial charge in [-0.05, 0) is 37.2 Å².